The largest absolute Gasteiger partial charge is 0.332 e. The van der Waals surface area contributed by atoms with Crippen LogP contribution in [0, 0.1) is 0 Å². The Labute approximate surface area is 297 Å². The summed E-state index contributed by atoms with van der Waals surface area (Å²) in [6, 6.07) is 0.587. The van der Waals surface area contributed by atoms with Crippen LogP contribution < -0.4 is 0 Å². The van der Waals surface area contributed by atoms with E-state index in [9.17, 15) is 0 Å². The molecule has 2 heteroatoms. The van der Waals surface area contributed by atoms with E-state index in [1.165, 1.54) is 237 Å². The van der Waals surface area contributed by atoms with Gasteiger partial charge in [-0.05, 0) is 26.2 Å². The maximum absolute atomic E-state index is 5.00. The Hall–Kier alpha value is -0.790. The Bertz CT molecular complexity index is 723. The molecular formula is C45H88N2. The van der Waals surface area contributed by atoms with Crippen molar-refractivity contribution < 1.29 is 0 Å². The van der Waals surface area contributed by atoms with E-state index >= 15 is 0 Å². The molecule has 1 aromatic heterocycles. The summed E-state index contributed by atoms with van der Waals surface area (Å²) < 4.78 is 2.58. The van der Waals surface area contributed by atoms with Crippen LogP contribution in [-0.4, -0.2) is 9.55 Å². The summed E-state index contributed by atoms with van der Waals surface area (Å²) >= 11 is 0. The first-order chi connectivity index (χ1) is 23.2. The molecule has 1 heterocycles. The van der Waals surface area contributed by atoms with Crippen LogP contribution in [0.3, 0.4) is 0 Å². The summed E-state index contributed by atoms with van der Waals surface area (Å²) in [6.45, 7) is 9.40. The lowest BCUT2D eigenvalue weighted by Gasteiger charge is -2.22. The van der Waals surface area contributed by atoms with E-state index < -0.39 is 0 Å². The molecule has 2 nitrogen and oxygen atoms in total. The first-order valence-corrected chi connectivity index (χ1v) is 22.3. The lowest BCUT2D eigenvalue weighted by Crippen LogP contribution is -2.13. The second kappa shape index (κ2) is 35.1. The third kappa shape index (κ3) is 26.7. The van der Waals surface area contributed by atoms with Crippen molar-refractivity contribution in [2.24, 2.45) is 0 Å². The van der Waals surface area contributed by atoms with Crippen LogP contribution in [0.25, 0.3) is 0 Å². The Morgan fingerprint density at radius 1 is 0.404 bits per heavy atom. The summed E-state index contributed by atoms with van der Waals surface area (Å²) in [4.78, 5) is 5.00. The van der Waals surface area contributed by atoms with Crippen LogP contribution in [0.5, 0.6) is 0 Å². The molecule has 0 aliphatic carbocycles. The van der Waals surface area contributed by atoms with Crippen molar-refractivity contribution in [1.82, 2.24) is 9.55 Å². The van der Waals surface area contributed by atoms with Gasteiger partial charge in [-0.25, -0.2) is 4.98 Å². The summed E-state index contributed by atoms with van der Waals surface area (Å²) in [6.07, 6.45) is 55.7. The Morgan fingerprint density at radius 2 is 0.681 bits per heavy atom. The molecule has 0 saturated carbocycles. The Morgan fingerprint density at radius 3 is 1.02 bits per heavy atom. The van der Waals surface area contributed by atoms with Gasteiger partial charge in [-0.2, -0.15) is 0 Å². The smallest absolute Gasteiger partial charge is 0.111 e. The van der Waals surface area contributed by atoms with Gasteiger partial charge in [0.1, 0.15) is 5.82 Å². The van der Waals surface area contributed by atoms with E-state index in [1.54, 1.807) is 0 Å². The van der Waals surface area contributed by atoms with E-state index in [2.05, 4.69) is 44.7 Å². The number of aromatic nitrogens is 2. The van der Waals surface area contributed by atoms with Crippen LogP contribution in [0.1, 0.15) is 277 Å². The van der Waals surface area contributed by atoms with E-state index in [1.807, 2.05) is 0 Å². The van der Waals surface area contributed by atoms with Crippen molar-refractivity contribution in [3.8, 4) is 0 Å². The van der Waals surface area contributed by atoms with Gasteiger partial charge >= 0.3 is 0 Å². The molecule has 0 N–H and O–H groups in total. The summed E-state index contributed by atoms with van der Waals surface area (Å²) in [5, 5.41) is 0. The predicted molar refractivity (Wildman–Crippen MR) is 213 cm³/mol. The first kappa shape index (κ1) is 44.2. The molecule has 1 rings (SSSR count). The molecule has 0 aliphatic rings. The molecule has 278 valence electrons. The number of unbranched alkanes of at least 4 members (excludes halogenated alkanes) is 30. The molecular weight excluding hydrogens is 569 g/mol. The van der Waals surface area contributed by atoms with Gasteiger partial charge in [-0.15, -0.1) is 0 Å². The monoisotopic (exact) mass is 657 g/mol. The third-order valence-electron chi connectivity index (χ3n) is 11.1. The van der Waals surface area contributed by atoms with Crippen molar-refractivity contribution in [3.05, 3.63) is 18.2 Å². The summed E-state index contributed by atoms with van der Waals surface area (Å²) in [5.41, 5.74) is 0. The zero-order chi connectivity index (χ0) is 33.9. The SMILES string of the molecule is CCCCCCCCCCCCCCCCCCCC(CCCCCC)c1nccn1C(C)CCCCCCCCCCCCCC. The topological polar surface area (TPSA) is 17.8 Å². The van der Waals surface area contributed by atoms with Gasteiger partial charge in [-0.3, -0.25) is 0 Å². The van der Waals surface area contributed by atoms with Gasteiger partial charge in [0, 0.05) is 24.4 Å². The van der Waals surface area contributed by atoms with E-state index in [0.29, 0.717) is 12.0 Å². The molecule has 0 bridgehead atoms. The van der Waals surface area contributed by atoms with E-state index in [4.69, 9.17) is 4.98 Å². The number of hydrogen-bond donors (Lipinski definition) is 0. The van der Waals surface area contributed by atoms with Crippen LogP contribution in [0.15, 0.2) is 12.4 Å². The first-order valence-electron chi connectivity index (χ1n) is 22.3. The summed E-state index contributed by atoms with van der Waals surface area (Å²) in [7, 11) is 0. The molecule has 2 unspecified atom stereocenters. The zero-order valence-corrected chi connectivity index (χ0v) is 33.2. The van der Waals surface area contributed by atoms with E-state index in [0.717, 1.165) is 0 Å². The Kier molecular flexibility index (Phi) is 33.0. The third-order valence-corrected chi connectivity index (χ3v) is 11.1. The van der Waals surface area contributed by atoms with Crippen molar-refractivity contribution in [3.63, 3.8) is 0 Å². The fourth-order valence-corrected chi connectivity index (χ4v) is 7.77. The van der Waals surface area contributed by atoms with Crippen LogP contribution in [-0.2, 0) is 0 Å². The van der Waals surface area contributed by atoms with Gasteiger partial charge in [0.2, 0.25) is 0 Å². The quantitative estimate of drug-likeness (QED) is 0.0648. The number of imidazole rings is 1. The average Bonchev–Trinajstić information content (AvgIpc) is 3.57. The van der Waals surface area contributed by atoms with Gasteiger partial charge in [0.05, 0.1) is 0 Å². The summed E-state index contributed by atoms with van der Waals surface area (Å²) in [5.74, 6) is 2.06. The van der Waals surface area contributed by atoms with Crippen LogP contribution >= 0.6 is 0 Å². The Balaban J connectivity index is 2.21. The maximum Gasteiger partial charge on any atom is 0.111 e. The van der Waals surface area contributed by atoms with Crippen molar-refractivity contribution in [2.75, 3.05) is 0 Å². The standard InChI is InChI=1S/C45H88N2/c1-5-8-11-14-16-18-20-22-23-24-25-26-28-30-32-34-37-40-44(39-36-13-10-7-3)45-46-41-42-47(45)43(4)38-35-33-31-29-27-21-19-17-15-12-9-6-2/h41-44H,5-40H2,1-4H3. The highest BCUT2D eigenvalue weighted by molar-refractivity contribution is 5.02. The normalized spacial score (nSPS) is 13.0. The van der Waals surface area contributed by atoms with Crippen molar-refractivity contribution >= 4 is 0 Å². The lowest BCUT2D eigenvalue weighted by molar-refractivity contribution is 0.413. The maximum atomic E-state index is 5.00. The molecule has 0 amide bonds. The number of rotatable bonds is 38. The van der Waals surface area contributed by atoms with Crippen molar-refractivity contribution in [2.45, 2.75) is 271 Å². The molecule has 0 fully saturated rings. The molecule has 1 aromatic rings. The second-order valence-corrected chi connectivity index (χ2v) is 15.7. The van der Waals surface area contributed by atoms with E-state index in [-0.39, 0.29) is 0 Å². The van der Waals surface area contributed by atoms with Gasteiger partial charge in [-0.1, -0.05) is 233 Å². The highest BCUT2D eigenvalue weighted by atomic mass is 15.1. The number of hydrogen-bond acceptors (Lipinski definition) is 1. The molecule has 47 heavy (non-hydrogen) atoms. The fraction of sp³-hybridized carbons (Fsp3) is 0.933. The lowest BCUT2D eigenvalue weighted by atomic mass is 9.93. The predicted octanol–water partition coefficient (Wildman–Crippen LogP) is 16.6. The van der Waals surface area contributed by atoms with Gasteiger partial charge in [0.15, 0.2) is 0 Å². The highest BCUT2D eigenvalue weighted by Crippen LogP contribution is 2.31. The minimum absolute atomic E-state index is 0.587. The molecule has 0 spiro atoms. The second-order valence-electron chi connectivity index (χ2n) is 15.7. The molecule has 0 saturated heterocycles. The minimum atomic E-state index is 0.587. The van der Waals surface area contributed by atoms with Gasteiger partial charge < -0.3 is 4.57 Å². The van der Waals surface area contributed by atoms with Crippen LogP contribution in [0.4, 0.5) is 0 Å². The molecule has 2 atom stereocenters. The van der Waals surface area contributed by atoms with Crippen molar-refractivity contribution in [1.29, 1.82) is 0 Å². The number of nitrogens with zero attached hydrogens (tertiary/aromatic N) is 2. The highest BCUT2D eigenvalue weighted by Gasteiger charge is 2.19. The van der Waals surface area contributed by atoms with Gasteiger partial charge in [0.25, 0.3) is 0 Å². The minimum Gasteiger partial charge on any atom is -0.332 e. The molecule has 0 aromatic carbocycles. The fourth-order valence-electron chi connectivity index (χ4n) is 7.77. The molecule has 0 radical (unpaired) electrons. The average molecular weight is 657 g/mol. The van der Waals surface area contributed by atoms with Crippen LogP contribution in [0.2, 0.25) is 0 Å². The molecule has 0 aliphatic heterocycles. The zero-order valence-electron chi connectivity index (χ0n) is 33.2.